The van der Waals surface area contributed by atoms with Gasteiger partial charge in [-0.15, -0.1) is 5.10 Å². The van der Waals surface area contributed by atoms with Gasteiger partial charge in [-0.25, -0.2) is 14.8 Å². The lowest BCUT2D eigenvalue weighted by atomic mass is 10.2. The standard InChI is InChI=1S/C15H12N4O2S2/c1-22-15-16-7-11(8-17-15)12-13(23-19-18-12)14(20)21-9-10-5-3-2-4-6-10/h2-8H,9H2,1H3. The molecule has 8 heteroatoms. The minimum Gasteiger partial charge on any atom is -0.457 e. The highest BCUT2D eigenvalue weighted by Crippen LogP contribution is 2.24. The van der Waals surface area contributed by atoms with Crippen molar-refractivity contribution >= 4 is 29.3 Å². The van der Waals surface area contributed by atoms with Gasteiger partial charge in [0.15, 0.2) is 10.0 Å². The van der Waals surface area contributed by atoms with E-state index < -0.39 is 5.97 Å². The molecule has 0 radical (unpaired) electrons. The van der Waals surface area contributed by atoms with Crippen molar-refractivity contribution in [3.8, 4) is 11.3 Å². The van der Waals surface area contributed by atoms with Crippen LogP contribution in [-0.4, -0.2) is 31.8 Å². The van der Waals surface area contributed by atoms with Gasteiger partial charge in [-0.1, -0.05) is 46.6 Å². The van der Waals surface area contributed by atoms with Crippen molar-refractivity contribution in [1.82, 2.24) is 19.6 Å². The summed E-state index contributed by atoms with van der Waals surface area (Å²) in [5.74, 6) is -0.451. The van der Waals surface area contributed by atoms with Crippen LogP contribution in [0, 0.1) is 0 Å². The second-order valence-electron chi connectivity index (χ2n) is 4.47. The van der Waals surface area contributed by atoms with Gasteiger partial charge in [-0.05, 0) is 23.4 Å². The number of hydrogen-bond acceptors (Lipinski definition) is 8. The predicted molar refractivity (Wildman–Crippen MR) is 88.3 cm³/mol. The molecule has 0 spiro atoms. The molecule has 116 valence electrons. The third kappa shape index (κ3) is 3.72. The normalized spacial score (nSPS) is 10.5. The highest BCUT2D eigenvalue weighted by molar-refractivity contribution is 7.98. The Kier molecular flexibility index (Phi) is 4.94. The van der Waals surface area contributed by atoms with Gasteiger partial charge in [0.25, 0.3) is 0 Å². The van der Waals surface area contributed by atoms with Crippen molar-refractivity contribution < 1.29 is 9.53 Å². The molecule has 23 heavy (non-hydrogen) atoms. The summed E-state index contributed by atoms with van der Waals surface area (Å²) in [7, 11) is 0. The zero-order valence-corrected chi connectivity index (χ0v) is 13.8. The van der Waals surface area contributed by atoms with Gasteiger partial charge in [-0.3, -0.25) is 0 Å². The van der Waals surface area contributed by atoms with Crippen molar-refractivity contribution in [2.24, 2.45) is 0 Å². The van der Waals surface area contributed by atoms with Crippen LogP contribution in [0.1, 0.15) is 15.2 Å². The topological polar surface area (TPSA) is 77.9 Å². The fourth-order valence-corrected chi connectivity index (χ4v) is 2.74. The number of carbonyl (C=O) groups excluding carboxylic acids is 1. The van der Waals surface area contributed by atoms with Gasteiger partial charge in [0.2, 0.25) is 0 Å². The van der Waals surface area contributed by atoms with E-state index in [-0.39, 0.29) is 6.61 Å². The summed E-state index contributed by atoms with van der Waals surface area (Å²) in [4.78, 5) is 21.0. The molecule has 1 aromatic carbocycles. The maximum Gasteiger partial charge on any atom is 0.352 e. The molecule has 0 saturated carbocycles. The molecule has 2 aromatic heterocycles. The molecule has 3 rings (SSSR count). The summed E-state index contributed by atoms with van der Waals surface area (Å²) in [5.41, 5.74) is 2.01. The number of thioether (sulfide) groups is 1. The highest BCUT2D eigenvalue weighted by atomic mass is 32.2. The molecule has 0 atom stereocenters. The number of nitrogens with zero attached hydrogens (tertiary/aromatic N) is 4. The van der Waals surface area contributed by atoms with Crippen LogP contribution in [0.2, 0.25) is 0 Å². The number of rotatable bonds is 5. The predicted octanol–water partition coefficient (Wildman–Crippen LogP) is 3.07. The van der Waals surface area contributed by atoms with E-state index in [9.17, 15) is 4.79 Å². The molecule has 6 nitrogen and oxygen atoms in total. The fraction of sp³-hybridized carbons (Fsp3) is 0.133. The Morgan fingerprint density at radius 1 is 1.22 bits per heavy atom. The maximum absolute atomic E-state index is 12.3. The molecule has 0 fully saturated rings. The molecule has 0 amide bonds. The van der Waals surface area contributed by atoms with E-state index in [1.54, 1.807) is 12.4 Å². The van der Waals surface area contributed by atoms with Crippen molar-refractivity contribution in [2.75, 3.05) is 6.26 Å². The molecule has 0 aliphatic rings. The number of benzene rings is 1. The van der Waals surface area contributed by atoms with Crippen molar-refractivity contribution in [3.05, 3.63) is 53.2 Å². The number of carbonyl (C=O) groups is 1. The van der Waals surface area contributed by atoms with Gasteiger partial charge in [0.1, 0.15) is 12.3 Å². The average molecular weight is 344 g/mol. The molecule has 0 N–H and O–H groups in total. The number of hydrogen-bond donors (Lipinski definition) is 0. The maximum atomic E-state index is 12.3. The molecule has 2 heterocycles. The molecular weight excluding hydrogens is 332 g/mol. The summed E-state index contributed by atoms with van der Waals surface area (Å²) in [6.07, 6.45) is 5.15. The van der Waals surface area contributed by atoms with Gasteiger partial charge >= 0.3 is 5.97 Å². The minimum absolute atomic E-state index is 0.207. The number of aromatic nitrogens is 4. The first-order valence-electron chi connectivity index (χ1n) is 6.67. The van der Waals surface area contributed by atoms with Crippen LogP contribution in [0.4, 0.5) is 0 Å². The second kappa shape index (κ2) is 7.30. The Morgan fingerprint density at radius 2 is 1.96 bits per heavy atom. The smallest absolute Gasteiger partial charge is 0.352 e. The van der Waals surface area contributed by atoms with Crippen LogP contribution >= 0.6 is 23.3 Å². The number of ether oxygens (including phenoxy) is 1. The first-order valence-corrected chi connectivity index (χ1v) is 8.67. The van der Waals surface area contributed by atoms with E-state index in [0.717, 1.165) is 17.1 Å². The van der Waals surface area contributed by atoms with E-state index in [0.29, 0.717) is 21.3 Å². The average Bonchev–Trinajstić information content (AvgIpc) is 3.10. The SMILES string of the molecule is CSc1ncc(-c2nnsc2C(=O)OCc2ccccc2)cn1. The molecule has 0 bridgehead atoms. The Labute approximate surface area is 141 Å². The van der Waals surface area contributed by atoms with Gasteiger partial charge in [0, 0.05) is 18.0 Å². The summed E-state index contributed by atoms with van der Waals surface area (Å²) >= 11 is 2.44. The Morgan fingerprint density at radius 3 is 2.65 bits per heavy atom. The lowest BCUT2D eigenvalue weighted by Gasteiger charge is -2.04. The van der Waals surface area contributed by atoms with Crippen molar-refractivity contribution in [1.29, 1.82) is 0 Å². The zero-order valence-electron chi connectivity index (χ0n) is 12.2. The van der Waals surface area contributed by atoms with Crippen LogP contribution < -0.4 is 0 Å². The highest BCUT2D eigenvalue weighted by Gasteiger charge is 2.20. The first-order chi connectivity index (χ1) is 11.3. The van der Waals surface area contributed by atoms with Gasteiger partial charge in [0.05, 0.1) is 0 Å². The summed E-state index contributed by atoms with van der Waals surface area (Å²) < 4.78 is 9.17. The molecule has 3 aromatic rings. The molecule has 0 aliphatic carbocycles. The molecular formula is C15H12N4O2S2. The fourth-order valence-electron chi connectivity index (χ4n) is 1.85. The number of esters is 1. The lowest BCUT2D eigenvalue weighted by Crippen LogP contribution is -2.05. The quantitative estimate of drug-likeness (QED) is 0.400. The summed E-state index contributed by atoms with van der Waals surface area (Å²) in [5, 5.41) is 4.66. The van der Waals surface area contributed by atoms with Crippen LogP contribution in [-0.2, 0) is 11.3 Å². The molecule has 0 saturated heterocycles. The first kappa shape index (κ1) is 15.6. The van der Waals surface area contributed by atoms with Crippen LogP contribution in [0.15, 0.2) is 47.9 Å². The molecule has 0 unspecified atom stereocenters. The largest absolute Gasteiger partial charge is 0.457 e. The molecule has 0 aliphatic heterocycles. The van der Waals surface area contributed by atoms with Crippen LogP contribution in [0.3, 0.4) is 0 Å². The Hall–Kier alpha value is -2.32. The lowest BCUT2D eigenvalue weighted by molar-refractivity contribution is 0.0479. The second-order valence-corrected chi connectivity index (χ2v) is 6.00. The van der Waals surface area contributed by atoms with Crippen molar-refractivity contribution in [2.45, 2.75) is 11.8 Å². The third-order valence-corrected chi connectivity index (χ3v) is 4.25. The van der Waals surface area contributed by atoms with Gasteiger partial charge in [-0.2, -0.15) is 0 Å². The Balaban J connectivity index is 1.75. The van der Waals surface area contributed by atoms with Crippen molar-refractivity contribution in [3.63, 3.8) is 0 Å². The minimum atomic E-state index is -0.451. The summed E-state index contributed by atoms with van der Waals surface area (Å²) in [6, 6.07) is 9.50. The van der Waals surface area contributed by atoms with Crippen LogP contribution in [0.5, 0.6) is 0 Å². The van der Waals surface area contributed by atoms with Crippen LogP contribution in [0.25, 0.3) is 11.3 Å². The van der Waals surface area contributed by atoms with E-state index in [1.165, 1.54) is 11.8 Å². The Bertz CT molecular complexity index is 791. The summed E-state index contributed by atoms with van der Waals surface area (Å²) in [6.45, 7) is 0.207. The van der Waals surface area contributed by atoms with Gasteiger partial charge < -0.3 is 4.74 Å². The third-order valence-electron chi connectivity index (χ3n) is 2.97. The van der Waals surface area contributed by atoms with E-state index in [2.05, 4.69) is 19.6 Å². The van der Waals surface area contributed by atoms with E-state index >= 15 is 0 Å². The zero-order chi connectivity index (χ0) is 16.1. The monoisotopic (exact) mass is 344 g/mol. The van der Waals surface area contributed by atoms with E-state index in [1.807, 2.05) is 36.6 Å². The van der Waals surface area contributed by atoms with E-state index in [4.69, 9.17) is 4.74 Å².